The molecule has 1 rings (SSSR count). The largest absolute Gasteiger partial charge is 0.480 e. The van der Waals surface area contributed by atoms with E-state index in [1.807, 2.05) is 0 Å². The molecule has 0 atom stereocenters. The summed E-state index contributed by atoms with van der Waals surface area (Å²) in [5.41, 5.74) is 0. The number of sulfone groups is 1. The Morgan fingerprint density at radius 1 is 1.26 bits per heavy atom. The summed E-state index contributed by atoms with van der Waals surface area (Å²) >= 11 is 0. The van der Waals surface area contributed by atoms with Crippen molar-refractivity contribution in [2.75, 3.05) is 24.2 Å². The minimum Gasteiger partial charge on any atom is -0.480 e. The fraction of sp³-hybridized carbons (Fsp3) is 0.300. The lowest BCUT2D eigenvalue weighted by molar-refractivity contribution is -0.136. The van der Waals surface area contributed by atoms with Gasteiger partial charge in [0.2, 0.25) is 0 Å². The number of carbonyl (C=O) groups is 2. The van der Waals surface area contributed by atoms with E-state index < -0.39 is 34.9 Å². The lowest BCUT2D eigenvalue weighted by Gasteiger charge is -2.21. The summed E-state index contributed by atoms with van der Waals surface area (Å²) in [6.07, 6.45) is 2.20. The fourth-order valence-corrected chi connectivity index (χ4v) is 2.28. The monoisotopic (exact) mass is 288 g/mol. The molecule has 0 bridgehead atoms. The number of aromatic nitrogens is 1. The number of rotatable bonds is 6. The SMILES string of the molecule is CS(=O)(=O)c1cccnc1N(CC(=O)O)CC(=O)O. The number of carboxylic acids is 2. The third-order valence-electron chi connectivity index (χ3n) is 2.10. The van der Waals surface area contributed by atoms with E-state index in [9.17, 15) is 18.0 Å². The van der Waals surface area contributed by atoms with Gasteiger partial charge in [0.25, 0.3) is 0 Å². The summed E-state index contributed by atoms with van der Waals surface area (Å²) in [5.74, 6) is -2.76. The van der Waals surface area contributed by atoms with Gasteiger partial charge >= 0.3 is 11.9 Å². The molecule has 0 aliphatic heterocycles. The molecule has 9 heteroatoms. The van der Waals surface area contributed by atoms with Crippen LogP contribution in [0.1, 0.15) is 0 Å². The van der Waals surface area contributed by atoms with Crippen LogP contribution < -0.4 is 4.90 Å². The Hall–Kier alpha value is -2.16. The van der Waals surface area contributed by atoms with E-state index in [1.54, 1.807) is 0 Å². The molecule has 1 aromatic heterocycles. The predicted octanol–water partition coefficient (Wildman–Crippen LogP) is -0.539. The first-order valence-corrected chi connectivity index (χ1v) is 6.94. The van der Waals surface area contributed by atoms with Crippen molar-refractivity contribution in [2.45, 2.75) is 4.90 Å². The second-order valence-electron chi connectivity index (χ2n) is 3.74. The first-order valence-electron chi connectivity index (χ1n) is 5.05. The van der Waals surface area contributed by atoms with Gasteiger partial charge < -0.3 is 15.1 Å². The number of anilines is 1. The third-order valence-corrected chi connectivity index (χ3v) is 3.22. The molecular formula is C10H12N2O6S. The van der Waals surface area contributed by atoms with E-state index in [0.717, 1.165) is 11.2 Å². The van der Waals surface area contributed by atoms with Crippen LogP contribution in [0.5, 0.6) is 0 Å². The van der Waals surface area contributed by atoms with Crippen LogP contribution in [0.15, 0.2) is 23.2 Å². The van der Waals surface area contributed by atoms with Crippen molar-refractivity contribution in [1.29, 1.82) is 0 Å². The molecule has 1 heterocycles. The lowest BCUT2D eigenvalue weighted by Crippen LogP contribution is -2.36. The number of hydrogen-bond acceptors (Lipinski definition) is 6. The highest BCUT2D eigenvalue weighted by Gasteiger charge is 2.22. The van der Waals surface area contributed by atoms with Gasteiger partial charge in [-0.3, -0.25) is 9.59 Å². The Bertz CT molecular complexity index is 582. The van der Waals surface area contributed by atoms with Crippen LogP contribution in [0.3, 0.4) is 0 Å². The van der Waals surface area contributed by atoms with Gasteiger partial charge in [0.05, 0.1) is 0 Å². The Morgan fingerprint density at radius 2 is 1.79 bits per heavy atom. The van der Waals surface area contributed by atoms with Gasteiger partial charge in [0, 0.05) is 12.5 Å². The van der Waals surface area contributed by atoms with Crippen molar-refractivity contribution >= 4 is 27.6 Å². The van der Waals surface area contributed by atoms with Crippen LogP contribution >= 0.6 is 0 Å². The molecular weight excluding hydrogens is 276 g/mol. The highest BCUT2D eigenvalue weighted by molar-refractivity contribution is 7.90. The van der Waals surface area contributed by atoms with Crippen LogP contribution in [0.25, 0.3) is 0 Å². The molecule has 0 fully saturated rings. The zero-order chi connectivity index (χ0) is 14.6. The standard InChI is InChI=1S/C10H12N2O6S/c1-19(17,18)7-3-2-4-11-10(7)12(5-8(13)14)6-9(15)16/h2-4H,5-6H2,1H3,(H,13,14)(H,15,16). The van der Waals surface area contributed by atoms with Crippen molar-refractivity contribution in [3.8, 4) is 0 Å². The maximum absolute atomic E-state index is 11.6. The number of carboxylic acid groups (broad SMARTS) is 2. The maximum atomic E-state index is 11.6. The molecule has 0 unspecified atom stereocenters. The van der Waals surface area contributed by atoms with Gasteiger partial charge in [0.15, 0.2) is 9.84 Å². The zero-order valence-electron chi connectivity index (χ0n) is 9.98. The highest BCUT2D eigenvalue weighted by atomic mass is 32.2. The van der Waals surface area contributed by atoms with Gasteiger partial charge in [0.1, 0.15) is 23.8 Å². The summed E-state index contributed by atoms with van der Waals surface area (Å²) in [7, 11) is -3.64. The second kappa shape index (κ2) is 5.65. The van der Waals surface area contributed by atoms with E-state index in [4.69, 9.17) is 10.2 Å². The van der Waals surface area contributed by atoms with Gasteiger partial charge in [-0.25, -0.2) is 13.4 Å². The first kappa shape index (κ1) is 14.9. The van der Waals surface area contributed by atoms with Crippen molar-refractivity contribution < 1.29 is 28.2 Å². The van der Waals surface area contributed by atoms with Crippen LogP contribution in [0, 0.1) is 0 Å². The number of aliphatic carboxylic acids is 2. The van der Waals surface area contributed by atoms with Crippen LogP contribution in [0.4, 0.5) is 5.82 Å². The minimum atomic E-state index is -3.64. The summed E-state index contributed by atoms with van der Waals surface area (Å²) in [5, 5.41) is 17.5. The summed E-state index contributed by atoms with van der Waals surface area (Å²) in [6, 6.07) is 2.62. The molecule has 19 heavy (non-hydrogen) atoms. The summed E-state index contributed by atoms with van der Waals surface area (Å²) in [6.45, 7) is -1.32. The molecule has 8 nitrogen and oxygen atoms in total. The van der Waals surface area contributed by atoms with Gasteiger partial charge in [-0.15, -0.1) is 0 Å². The highest BCUT2D eigenvalue weighted by Crippen LogP contribution is 2.21. The van der Waals surface area contributed by atoms with E-state index in [0.29, 0.717) is 0 Å². The van der Waals surface area contributed by atoms with Crippen molar-refractivity contribution in [3.63, 3.8) is 0 Å². The van der Waals surface area contributed by atoms with E-state index in [1.165, 1.54) is 18.3 Å². The molecule has 0 amide bonds. The zero-order valence-corrected chi connectivity index (χ0v) is 10.8. The molecule has 1 aromatic rings. The molecule has 104 valence electrons. The first-order chi connectivity index (χ1) is 8.71. The molecule has 2 N–H and O–H groups in total. The van der Waals surface area contributed by atoms with Gasteiger partial charge in [-0.2, -0.15) is 0 Å². The summed E-state index contributed by atoms with van der Waals surface area (Å²) in [4.78, 5) is 25.9. The smallest absolute Gasteiger partial charge is 0.323 e. The molecule has 0 saturated carbocycles. The van der Waals surface area contributed by atoms with Crippen molar-refractivity contribution in [2.24, 2.45) is 0 Å². The number of hydrogen-bond donors (Lipinski definition) is 2. The third kappa shape index (κ3) is 4.21. The number of pyridine rings is 1. The molecule has 0 aliphatic carbocycles. The van der Waals surface area contributed by atoms with Crippen molar-refractivity contribution in [3.05, 3.63) is 18.3 Å². The Labute approximate surface area is 109 Å². The quantitative estimate of drug-likeness (QED) is 0.715. The van der Waals surface area contributed by atoms with Crippen LogP contribution in [0.2, 0.25) is 0 Å². The predicted molar refractivity (Wildman–Crippen MR) is 64.8 cm³/mol. The van der Waals surface area contributed by atoms with Crippen molar-refractivity contribution in [1.82, 2.24) is 4.98 Å². The van der Waals surface area contributed by atoms with Gasteiger partial charge in [-0.1, -0.05) is 0 Å². The molecule has 0 aliphatic rings. The average Bonchev–Trinajstić information content (AvgIpc) is 2.25. The normalized spacial score (nSPS) is 11.0. The van der Waals surface area contributed by atoms with E-state index in [-0.39, 0.29) is 10.7 Å². The van der Waals surface area contributed by atoms with E-state index >= 15 is 0 Å². The molecule has 0 saturated heterocycles. The minimum absolute atomic E-state index is 0.185. The van der Waals surface area contributed by atoms with E-state index in [2.05, 4.69) is 4.98 Å². The maximum Gasteiger partial charge on any atom is 0.323 e. The molecule has 0 spiro atoms. The second-order valence-corrected chi connectivity index (χ2v) is 5.73. The van der Waals surface area contributed by atoms with Crippen LogP contribution in [-0.4, -0.2) is 54.9 Å². The average molecular weight is 288 g/mol. The summed E-state index contributed by atoms with van der Waals surface area (Å²) < 4.78 is 23.1. The lowest BCUT2D eigenvalue weighted by atomic mass is 10.4. The Balaban J connectivity index is 3.29. The molecule has 0 radical (unpaired) electrons. The Kier molecular flexibility index (Phi) is 4.43. The number of nitrogens with zero attached hydrogens (tertiary/aromatic N) is 2. The Morgan fingerprint density at radius 3 is 2.21 bits per heavy atom. The molecule has 0 aromatic carbocycles. The fourth-order valence-electron chi connectivity index (χ4n) is 1.44. The van der Waals surface area contributed by atoms with Gasteiger partial charge in [-0.05, 0) is 12.1 Å². The van der Waals surface area contributed by atoms with Crippen LogP contribution in [-0.2, 0) is 19.4 Å². The topological polar surface area (TPSA) is 125 Å².